The number of nitrogens with two attached hydrogens (primary N) is 2. The van der Waals surface area contributed by atoms with Crippen LogP contribution in [0.1, 0.15) is 84.0 Å². The van der Waals surface area contributed by atoms with Crippen LogP contribution in [0.4, 0.5) is 0 Å². The molecule has 0 fully saturated rings. The van der Waals surface area contributed by atoms with E-state index < -0.39 is 5.97 Å². The number of rotatable bonds is 18. The molecule has 0 bridgehead atoms. The molecule has 0 aromatic heterocycles. The van der Waals surface area contributed by atoms with E-state index in [0.717, 1.165) is 38.8 Å². The first-order valence-electron chi connectivity index (χ1n) is 10.8. The minimum absolute atomic E-state index is 0.324. The number of carboxylic acids is 1. The maximum absolute atomic E-state index is 10.3. The van der Waals surface area contributed by atoms with Gasteiger partial charge in [-0.1, -0.05) is 63.3 Å². The average Bonchev–Trinajstić information content (AvgIpc) is 2.65. The predicted octanol–water partition coefficient (Wildman–Crippen LogP) is 4.38. The number of nitrogens with one attached hydrogen (secondary N) is 1. The van der Waals surface area contributed by atoms with Crippen LogP contribution in [-0.2, 0) is 4.79 Å². The second-order valence-electron chi connectivity index (χ2n) is 6.70. The van der Waals surface area contributed by atoms with Crippen LogP contribution in [0.2, 0.25) is 0 Å². The van der Waals surface area contributed by atoms with Gasteiger partial charge >= 0.3 is 5.97 Å². The van der Waals surface area contributed by atoms with E-state index in [-0.39, 0.29) is 0 Å². The molecule has 0 amide bonds. The van der Waals surface area contributed by atoms with Crippen LogP contribution in [0, 0.1) is 0 Å². The highest BCUT2D eigenvalue weighted by molar-refractivity contribution is 5.66. The molecule has 5 heteroatoms. The maximum Gasteiger partial charge on any atom is 0.303 e. The molecular weight excluding hydrogens is 338 g/mol. The van der Waals surface area contributed by atoms with Crippen LogP contribution in [-0.4, -0.2) is 37.3 Å². The molecule has 0 atom stereocenters. The van der Waals surface area contributed by atoms with Gasteiger partial charge in [-0.3, -0.25) is 4.79 Å². The van der Waals surface area contributed by atoms with Crippen molar-refractivity contribution in [1.82, 2.24) is 5.32 Å². The fourth-order valence-electron chi connectivity index (χ4n) is 2.42. The molecule has 0 heterocycles. The van der Waals surface area contributed by atoms with Crippen molar-refractivity contribution in [2.24, 2.45) is 11.5 Å². The zero-order valence-electron chi connectivity index (χ0n) is 17.6. The lowest BCUT2D eigenvalue weighted by Crippen LogP contribution is -2.27. The summed E-state index contributed by atoms with van der Waals surface area (Å²) in [4.78, 5) is 10.3. The second kappa shape index (κ2) is 27.1. The van der Waals surface area contributed by atoms with Gasteiger partial charge in [-0.25, -0.2) is 0 Å². The highest BCUT2D eigenvalue weighted by Gasteiger charge is 1.95. The van der Waals surface area contributed by atoms with E-state index in [1.54, 1.807) is 0 Å². The van der Waals surface area contributed by atoms with Gasteiger partial charge in [-0.15, -0.1) is 0 Å². The normalized spacial score (nSPS) is 11.1. The van der Waals surface area contributed by atoms with Crippen LogP contribution < -0.4 is 16.8 Å². The Morgan fingerprint density at radius 3 is 1.85 bits per heavy atom. The van der Waals surface area contributed by atoms with E-state index in [4.69, 9.17) is 16.6 Å². The number of hydrogen-bond donors (Lipinski definition) is 4. The van der Waals surface area contributed by atoms with Gasteiger partial charge in [0.05, 0.1) is 0 Å². The molecule has 0 aromatic rings. The molecule has 0 spiro atoms. The smallest absolute Gasteiger partial charge is 0.303 e. The third-order valence-corrected chi connectivity index (χ3v) is 3.98. The van der Waals surface area contributed by atoms with E-state index in [0.29, 0.717) is 19.5 Å². The Bertz CT molecular complexity index is 340. The molecule has 0 radical (unpaired) electrons. The van der Waals surface area contributed by atoms with Crippen LogP contribution in [0.15, 0.2) is 24.3 Å². The zero-order valence-corrected chi connectivity index (χ0v) is 17.6. The van der Waals surface area contributed by atoms with E-state index in [2.05, 4.69) is 36.5 Å². The topological polar surface area (TPSA) is 101 Å². The Morgan fingerprint density at radius 2 is 1.33 bits per heavy atom. The van der Waals surface area contributed by atoms with E-state index in [9.17, 15) is 4.79 Å². The molecule has 27 heavy (non-hydrogen) atoms. The van der Waals surface area contributed by atoms with Crippen molar-refractivity contribution in [2.45, 2.75) is 84.0 Å². The molecule has 5 nitrogen and oxygen atoms in total. The largest absolute Gasteiger partial charge is 0.481 e. The first-order chi connectivity index (χ1) is 13.2. The number of carboxylic acid groups (broad SMARTS) is 1. The Balaban J connectivity index is 0. The Morgan fingerprint density at radius 1 is 0.815 bits per heavy atom. The number of aliphatic carboxylic acids is 1. The first kappa shape index (κ1) is 28.0. The van der Waals surface area contributed by atoms with Gasteiger partial charge in [0, 0.05) is 32.6 Å². The summed E-state index contributed by atoms with van der Waals surface area (Å²) in [5, 5.41) is 11.5. The van der Waals surface area contributed by atoms with Crippen LogP contribution >= 0.6 is 0 Å². The quantitative estimate of drug-likeness (QED) is 0.208. The third-order valence-electron chi connectivity index (χ3n) is 3.98. The minimum Gasteiger partial charge on any atom is -0.481 e. The fraction of sp³-hybridized carbons (Fsp3) is 0.773. The monoisotopic (exact) mass is 383 g/mol. The Kier molecular flexibility index (Phi) is 28.1. The SMILES string of the molecule is CCCCC/C=C\C/C=C\CCCCCCCC(=O)O.NCCNCCN. The first-order valence-corrected chi connectivity index (χ1v) is 10.8. The van der Waals surface area contributed by atoms with Gasteiger partial charge in [0.25, 0.3) is 0 Å². The van der Waals surface area contributed by atoms with Crippen molar-refractivity contribution in [3.8, 4) is 0 Å². The standard InChI is InChI=1S/C18H32O2.C4H13N3/c1-2-3-4-5-6-7-8-9-10-11-12-13-14-15-16-17-18(19)20;5-1-3-7-4-2-6/h6-7,9-10H,2-5,8,11-17H2,1H3,(H,19,20);7H,1-6H2/b7-6-,10-9-;. The molecule has 0 aliphatic heterocycles. The van der Waals surface area contributed by atoms with Crippen molar-refractivity contribution in [3.63, 3.8) is 0 Å². The summed E-state index contributed by atoms with van der Waals surface area (Å²) in [7, 11) is 0. The number of unbranched alkanes of at least 4 members (excludes halogenated alkanes) is 8. The summed E-state index contributed by atoms with van der Waals surface area (Å²) in [5.74, 6) is -0.671. The lowest BCUT2D eigenvalue weighted by atomic mass is 10.1. The molecule has 6 N–H and O–H groups in total. The van der Waals surface area contributed by atoms with Gasteiger partial charge in [-0.05, 0) is 38.5 Å². The molecule has 0 unspecified atom stereocenters. The van der Waals surface area contributed by atoms with Gasteiger partial charge in [0.1, 0.15) is 0 Å². The van der Waals surface area contributed by atoms with Gasteiger partial charge in [-0.2, -0.15) is 0 Å². The van der Waals surface area contributed by atoms with Crippen molar-refractivity contribution >= 4 is 5.97 Å². The molecule has 0 saturated carbocycles. The van der Waals surface area contributed by atoms with Gasteiger partial charge < -0.3 is 21.9 Å². The number of hydrogen-bond acceptors (Lipinski definition) is 4. The third kappa shape index (κ3) is 32.9. The number of carbonyl (C=O) groups is 1. The summed E-state index contributed by atoms with van der Waals surface area (Å²) >= 11 is 0. The minimum atomic E-state index is -0.671. The molecule has 0 aliphatic carbocycles. The molecule has 0 aliphatic rings. The summed E-state index contributed by atoms with van der Waals surface area (Å²) in [6.45, 7) is 5.37. The molecule has 0 rings (SSSR count). The summed E-state index contributed by atoms with van der Waals surface area (Å²) in [6, 6.07) is 0. The summed E-state index contributed by atoms with van der Waals surface area (Å²) in [5.41, 5.74) is 10.3. The van der Waals surface area contributed by atoms with E-state index >= 15 is 0 Å². The lowest BCUT2D eigenvalue weighted by molar-refractivity contribution is -0.137. The molecule has 0 aromatic carbocycles. The van der Waals surface area contributed by atoms with E-state index in [1.807, 2.05) is 0 Å². The van der Waals surface area contributed by atoms with Crippen molar-refractivity contribution in [3.05, 3.63) is 24.3 Å². The van der Waals surface area contributed by atoms with Gasteiger partial charge in [0.15, 0.2) is 0 Å². The zero-order chi connectivity index (χ0) is 20.4. The van der Waals surface area contributed by atoms with Crippen LogP contribution in [0.3, 0.4) is 0 Å². The molecule has 0 saturated heterocycles. The highest BCUT2D eigenvalue weighted by Crippen LogP contribution is 2.08. The lowest BCUT2D eigenvalue weighted by Gasteiger charge is -1.98. The summed E-state index contributed by atoms with van der Waals surface area (Å²) in [6.07, 6.45) is 22.3. The van der Waals surface area contributed by atoms with Crippen molar-refractivity contribution in [1.29, 1.82) is 0 Å². The number of allylic oxidation sites excluding steroid dienone is 4. The van der Waals surface area contributed by atoms with Crippen LogP contribution in [0.5, 0.6) is 0 Å². The average molecular weight is 384 g/mol. The van der Waals surface area contributed by atoms with Crippen LogP contribution in [0.25, 0.3) is 0 Å². The van der Waals surface area contributed by atoms with Crippen molar-refractivity contribution < 1.29 is 9.90 Å². The predicted molar refractivity (Wildman–Crippen MR) is 118 cm³/mol. The van der Waals surface area contributed by atoms with Gasteiger partial charge in [0.2, 0.25) is 0 Å². The van der Waals surface area contributed by atoms with E-state index in [1.165, 1.54) is 44.9 Å². The van der Waals surface area contributed by atoms with Crippen molar-refractivity contribution in [2.75, 3.05) is 26.2 Å². The molecular formula is C22H45N3O2. The molecule has 160 valence electrons. The fourth-order valence-corrected chi connectivity index (χ4v) is 2.42. The maximum atomic E-state index is 10.3. The Labute approximate surface area is 167 Å². The second-order valence-corrected chi connectivity index (χ2v) is 6.70. The summed E-state index contributed by atoms with van der Waals surface area (Å²) < 4.78 is 0. The Hall–Kier alpha value is -1.17. The highest BCUT2D eigenvalue weighted by atomic mass is 16.4.